The van der Waals surface area contributed by atoms with Crippen LogP contribution in [0.25, 0.3) is 0 Å². The molecular weight excluding hydrogens is 380 g/mol. The summed E-state index contributed by atoms with van der Waals surface area (Å²) in [7, 11) is 0. The van der Waals surface area contributed by atoms with Gasteiger partial charge in [-0.2, -0.15) is 0 Å². The molecule has 6 heteroatoms. The second kappa shape index (κ2) is 9.65. The summed E-state index contributed by atoms with van der Waals surface area (Å²) in [6.07, 6.45) is 2.09. The molecule has 0 atom stereocenters. The molecule has 0 bridgehead atoms. The maximum Gasteiger partial charge on any atom is 0.410 e. The first kappa shape index (κ1) is 23.9. The lowest BCUT2D eigenvalue weighted by Crippen LogP contribution is -2.59. The monoisotopic (exact) mass is 416 g/mol. The van der Waals surface area contributed by atoms with Gasteiger partial charge in [0, 0.05) is 43.2 Å². The fourth-order valence-electron chi connectivity index (χ4n) is 3.38. The molecular formula is C24H36N2O4. The van der Waals surface area contributed by atoms with Crippen molar-refractivity contribution in [2.45, 2.75) is 59.2 Å². The Labute approximate surface area is 180 Å². The largest absolute Gasteiger partial charge is 0.490 e. The number of likely N-dealkylation sites (tertiary alicyclic amines) is 1. The van der Waals surface area contributed by atoms with Crippen LogP contribution in [-0.4, -0.2) is 59.6 Å². The molecule has 30 heavy (non-hydrogen) atoms. The highest BCUT2D eigenvalue weighted by Crippen LogP contribution is 2.27. The molecule has 1 saturated heterocycles. The zero-order valence-electron chi connectivity index (χ0n) is 19.2. The predicted molar refractivity (Wildman–Crippen MR) is 119 cm³/mol. The van der Waals surface area contributed by atoms with Crippen LogP contribution in [0.5, 0.6) is 5.75 Å². The minimum atomic E-state index is -0.574. The van der Waals surface area contributed by atoms with E-state index in [-0.39, 0.29) is 11.6 Å². The third-order valence-corrected chi connectivity index (χ3v) is 4.90. The molecule has 0 spiro atoms. The normalized spacial score (nSPS) is 15.3. The number of carbonyl (C=O) groups is 2. The third-order valence-electron chi connectivity index (χ3n) is 4.90. The molecule has 0 radical (unpaired) electrons. The van der Waals surface area contributed by atoms with Crippen molar-refractivity contribution in [2.24, 2.45) is 5.92 Å². The molecule has 1 heterocycles. The van der Waals surface area contributed by atoms with E-state index in [1.54, 1.807) is 23.1 Å². The Morgan fingerprint density at radius 1 is 1.20 bits per heavy atom. The van der Waals surface area contributed by atoms with Crippen molar-refractivity contribution in [2.75, 3.05) is 26.2 Å². The summed E-state index contributed by atoms with van der Waals surface area (Å²) in [5.74, 6) is 0.976. The van der Waals surface area contributed by atoms with E-state index < -0.39 is 5.60 Å². The van der Waals surface area contributed by atoms with Crippen molar-refractivity contribution in [3.05, 3.63) is 42.0 Å². The average molecular weight is 417 g/mol. The summed E-state index contributed by atoms with van der Waals surface area (Å²) in [5, 5.41) is 0. The van der Waals surface area contributed by atoms with Gasteiger partial charge < -0.3 is 14.4 Å². The van der Waals surface area contributed by atoms with Crippen molar-refractivity contribution in [1.29, 1.82) is 0 Å². The lowest BCUT2D eigenvalue weighted by atomic mass is 9.92. The lowest BCUT2D eigenvalue weighted by Gasteiger charge is -2.48. The molecule has 0 saturated carbocycles. The van der Waals surface area contributed by atoms with Crippen LogP contribution < -0.4 is 4.74 Å². The average Bonchev–Trinajstić information content (AvgIpc) is 2.58. The van der Waals surface area contributed by atoms with Gasteiger partial charge in [0.25, 0.3) is 0 Å². The number of hydrogen-bond donors (Lipinski definition) is 0. The van der Waals surface area contributed by atoms with Gasteiger partial charge in [-0.05, 0) is 65.3 Å². The highest BCUT2D eigenvalue weighted by atomic mass is 16.6. The molecule has 6 nitrogen and oxygen atoms in total. The lowest BCUT2D eigenvalue weighted by molar-refractivity contribution is -0.0157. The molecule has 2 rings (SSSR count). The van der Waals surface area contributed by atoms with Gasteiger partial charge in [0.05, 0.1) is 0 Å². The van der Waals surface area contributed by atoms with Crippen LogP contribution in [0.3, 0.4) is 0 Å². The maximum absolute atomic E-state index is 12.9. The standard InChI is InChI=1S/C24H36N2O4/c1-8-9-29-21-11-18(10-19(12-21)17-27)13-25(22(28)30-24(5,6)7)14-20-15-26(16-20)23(2,3)4/h8,10-12,17,20H,1,9,13-16H2,2-7H3. The fraction of sp³-hybridized carbons (Fsp3) is 0.583. The summed E-state index contributed by atoms with van der Waals surface area (Å²) >= 11 is 0. The molecule has 1 aromatic carbocycles. The van der Waals surface area contributed by atoms with Gasteiger partial charge in [-0.1, -0.05) is 12.7 Å². The van der Waals surface area contributed by atoms with E-state index in [2.05, 4.69) is 32.3 Å². The molecule has 1 amide bonds. The summed E-state index contributed by atoms with van der Waals surface area (Å²) in [6.45, 7) is 19.0. The molecule has 0 aromatic heterocycles. The highest BCUT2D eigenvalue weighted by Gasteiger charge is 2.36. The highest BCUT2D eigenvalue weighted by molar-refractivity contribution is 5.76. The molecule has 1 fully saturated rings. The summed E-state index contributed by atoms with van der Waals surface area (Å²) in [4.78, 5) is 28.4. The van der Waals surface area contributed by atoms with Crippen molar-refractivity contribution < 1.29 is 19.1 Å². The van der Waals surface area contributed by atoms with Crippen molar-refractivity contribution in [1.82, 2.24) is 9.80 Å². The topological polar surface area (TPSA) is 59.1 Å². The molecule has 166 valence electrons. The Bertz CT molecular complexity index is 755. The number of hydrogen-bond acceptors (Lipinski definition) is 5. The van der Waals surface area contributed by atoms with Gasteiger partial charge in [0.2, 0.25) is 0 Å². The molecule has 1 aliphatic rings. The Balaban J connectivity index is 2.17. The second-order valence-corrected chi connectivity index (χ2v) is 9.93. The number of amides is 1. The van der Waals surface area contributed by atoms with Gasteiger partial charge in [-0.3, -0.25) is 9.69 Å². The second-order valence-electron chi connectivity index (χ2n) is 9.93. The quantitative estimate of drug-likeness (QED) is 0.460. The summed E-state index contributed by atoms with van der Waals surface area (Å²) in [6, 6.07) is 5.33. The van der Waals surface area contributed by atoms with Crippen LogP contribution in [-0.2, 0) is 11.3 Å². The third kappa shape index (κ3) is 7.17. The minimum Gasteiger partial charge on any atom is -0.490 e. The van der Waals surface area contributed by atoms with Gasteiger partial charge in [0.1, 0.15) is 24.2 Å². The van der Waals surface area contributed by atoms with E-state index in [4.69, 9.17) is 9.47 Å². The minimum absolute atomic E-state index is 0.128. The van der Waals surface area contributed by atoms with Gasteiger partial charge >= 0.3 is 6.09 Å². The molecule has 1 aliphatic heterocycles. The van der Waals surface area contributed by atoms with E-state index in [9.17, 15) is 9.59 Å². The Hall–Kier alpha value is -2.34. The van der Waals surface area contributed by atoms with Gasteiger partial charge in [0.15, 0.2) is 0 Å². The Morgan fingerprint density at radius 2 is 1.87 bits per heavy atom. The fourth-order valence-corrected chi connectivity index (χ4v) is 3.38. The van der Waals surface area contributed by atoms with Gasteiger partial charge in [-0.25, -0.2) is 4.79 Å². The number of ether oxygens (including phenoxy) is 2. The number of nitrogens with zero attached hydrogens (tertiary/aromatic N) is 2. The van der Waals surface area contributed by atoms with Crippen LogP contribution in [0.15, 0.2) is 30.9 Å². The van der Waals surface area contributed by atoms with E-state index in [0.29, 0.717) is 36.9 Å². The first-order valence-corrected chi connectivity index (χ1v) is 10.5. The first-order valence-electron chi connectivity index (χ1n) is 10.5. The summed E-state index contributed by atoms with van der Waals surface area (Å²) < 4.78 is 11.3. The zero-order valence-corrected chi connectivity index (χ0v) is 19.2. The molecule has 0 N–H and O–H groups in total. The smallest absolute Gasteiger partial charge is 0.410 e. The van der Waals surface area contributed by atoms with E-state index >= 15 is 0 Å². The van der Waals surface area contributed by atoms with Gasteiger partial charge in [-0.15, -0.1) is 0 Å². The molecule has 1 aromatic rings. The van der Waals surface area contributed by atoms with E-state index in [1.807, 2.05) is 26.8 Å². The van der Waals surface area contributed by atoms with Crippen LogP contribution in [0, 0.1) is 5.92 Å². The Kier molecular flexibility index (Phi) is 7.70. The molecule has 0 unspecified atom stereocenters. The predicted octanol–water partition coefficient (Wildman–Crippen LogP) is 4.53. The Morgan fingerprint density at radius 3 is 2.40 bits per heavy atom. The number of aldehydes is 1. The van der Waals surface area contributed by atoms with Crippen molar-refractivity contribution in [3.63, 3.8) is 0 Å². The maximum atomic E-state index is 12.9. The summed E-state index contributed by atoms with van der Waals surface area (Å²) in [5.41, 5.74) is 0.896. The number of carbonyl (C=O) groups excluding carboxylic acids is 2. The van der Waals surface area contributed by atoms with Crippen molar-refractivity contribution >= 4 is 12.4 Å². The van der Waals surface area contributed by atoms with E-state index in [1.165, 1.54) is 0 Å². The number of rotatable bonds is 8. The van der Waals surface area contributed by atoms with Crippen LogP contribution in [0.1, 0.15) is 57.5 Å². The first-order chi connectivity index (χ1) is 13.9. The SMILES string of the molecule is C=CCOc1cc(C=O)cc(CN(CC2CN(C(C)(C)C)C2)C(=O)OC(C)(C)C)c1. The van der Waals surface area contributed by atoms with E-state index in [0.717, 1.165) is 24.9 Å². The van der Waals surface area contributed by atoms with Crippen LogP contribution >= 0.6 is 0 Å². The van der Waals surface area contributed by atoms with Crippen LogP contribution in [0.4, 0.5) is 4.79 Å². The molecule has 0 aliphatic carbocycles. The van der Waals surface area contributed by atoms with Crippen LogP contribution in [0.2, 0.25) is 0 Å². The number of benzene rings is 1. The van der Waals surface area contributed by atoms with Crippen molar-refractivity contribution in [3.8, 4) is 5.75 Å². The zero-order chi connectivity index (χ0) is 22.5.